The maximum absolute atomic E-state index is 5.98. The van der Waals surface area contributed by atoms with Crippen molar-refractivity contribution in [3.63, 3.8) is 0 Å². The highest BCUT2D eigenvalue weighted by atomic mass is 15.2. The maximum Gasteiger partial charge on any atom is 0.0473 e. The highest BCUT2D eigenvalue weighted by Crippen LogP contribution is 2.23. The van der Waals surface area contributed by atoms with Gasteiger partial charge in [-0.15, -0.1) is 0 Å². The van der Waals surface area contributed by atoms with Crippen molar-refractivity contribution in [3.05, 3.63) is 35.4 Å². The van der Waals surface area contributed by atoms with Crippen LogP contribution in [0.3, 0.4) is 0 Å². The minimum Gasteiger partial charge on any atom is -0.329 e. The van der Waals surface area contributed by atoms with Crippen LogP contribution in [0.25, 0.3) is 0 Å². The van der Waals surface area contributed by atoms with Gasteiger partial charge in [-0.2, -0.15) is 0 Å². The first kappa shape index (κ1) is 14.2. The van der Waals surface area contributed by atoms with Crippen molar-refractivity contribution in [2.45, 2.75) is 46.2 Å². The van der Waals surface area contributed by atoms with Crippen molar-refractivity contribution in [2.75, 3.05) is 13.1 Å². The monoisotopic (exact) mass is 234 g/mol. The van der Waals surface area contributed by atoms with Crippen LogP contribution in [-0.2, 0) is 0 Å². The zero-order chi connectivity index (χ0) is 12.8. The fourth-order valence-corrected chi connectivity index (χ4v) is 2.41. The number of benzene rings is 1. The Bertz CT molecular complexity index is 335. The molecule has 0 aromatic heterocycles. The minimum atomic E-state index is 0.342. The lowest BCUT2D eigenvalue weighted by molar-refractivity contribution is 0.152. The molecule has 2 N–H and O–H groups in total. The van der Waals surface area contributed by atoms with Crippen molar-refractivity contribution in [3.8, 4) is 0 Å². The van der Waals surface area contributed by atoms with Crippen LogP contribution in [0, 0.1) is 6.92 Å². The fraction of sp³-hybridized carbons (Fsp3) is 0.600. The highest BCUT2D eigenvalue weighted by Gasteiger charge is 2.21. The summed E-state index contributed by atoms with van der Waals surface area (Å²) in [5, 5.41) is 0. The van der Waals surface area contributed by atoms with Gasteiger partial charge in [0, 0.05) is 18.6 Å². The summed E-state index contributed by atoms with van der Waals surface area (Å²) in [5.41, 5.74) is 8.63. The van der Waals surface area contributed by atoms with Gasteiger partial charge in [0.2, 0.25) is 0 Å². The summed E-state index contributed by atoms with van der Waals surface area (Å²) in [7, 11) is 0. The molecule has 96 valence electrons. The molecule has 1 aromatic carbocycles. The van der Waals surface area contributed by atoms with E-state index < -0.39 is 0 Å². The number of nitrogens with two attached hydrogens (primary N) is 1. The third-order valence-electron chi connectivity index (χ3n) is 3.57. The first-order valence-corrected chi connectivity index (χ1v) is 6.66. The Morgan fingerprint density at radius 3 is 2.47 bits per heavy atom. The second-order valence-electron chi connectivity index (χ2n) is 4.75. The third kappa shape index (κ3) is 3.55. The standard InChI is InChI=1S/C15H26N2/c1-5-13(4)17(6-2)15(11-16)14-9-7-8-12(3)10-14/h7-10,13,15H,5-6,11,16H2,1-4H3. The SMILES string of the molecule is CCC(C)N(CC)C(CN)c1cccc(C)c1. The average molecular weight is 234 g/mol. The summed E-state index contributed by atoms with van der Waals surface area (Å²) in [6.45, 7) is 10.6. The predicted octanol–water partition coefficient (Wildman–Crippen LogP) is 3.12. The van der Waals surface area contributed by atoms with Crippen LogP contribution < -0.4 is 5.73 Å². The van der Waals surface area contributed by atoms with E-state index in [-0.39, 0.29) is 0 Å². The second-order valence-corrected chi connectivity index (χ2v) is 4.75. The fourth-order valence-electron chi connectivity index (χ4n) is 2.41. The van der Waals surface area contributed by atoms with E-state index in [1.807, 2.05) is 0 Å². The Labute approximate surface area is 106 Å². The summed E-state index contributed by atoms with van der Waals surface area (Å²) < 4.78 is 0. The average Bonchev–Trinajstić information content (AvgIpc) is 2.34. The van der Waals surface area contributed by atoms with E-state index in [0.29, 0.717) is 18.6 Å². The summed E-state index contributed by atoms with van der Waals surface area (Å²) in [6.07, 6.45) is 1.16. The van der Waals surface area contributed by atoms with Crippen molar-refractivity contribution in [1.29, 1.82) is 0 Å². The molecule has 0 saturated heterocycles. The number of rotatable bonds is 6. The third-order valence-corrected chi connectivity index (χ3v) is 3.57. The molecule has 0 aliphatic heterocycles. The van der Waals surface area contributed by atoms with Crippen molar-refractivity contribution in [1.82, 2.24) is 4.90 Å². The molecule has 0 amide bonds. The Morgan fingerprint density at radius 1 is 1.29 bits per heavy atom. The number of hydrogen-bond acceptors (Lipinski definition) is 2. The van der Waals surface area contributed by atoms with E-state index in [9.17, 15) is 0 Å². The summed E-state index contributed by atoms with van der Waals surface area (Å²) in [4.78, 5) is 2.49. The molecule has 1 aromatic rings. The lowest BCUT2D eigenvalue weighted by atomic mass is 10.0. The van der Waals surface area contributed by atoms with Crippen LogP contribution in [0.4, 0.5) is 0 Å². The first-order valence-electron chi connectivity index (χ1n) is 6.66. The lowest BCUT2D eigenvalue weighted by Gasteiger charge is -2.35. The highest BCUT2D eigenvalue weighted by molar-refractivity contribution is 5.25. The van der Waals surface area contributed by atoms with Crippen LogP contribution in [0.15, 0.2) is 24.3 Å². The smallest absolute Gasteiger partial charge is 0.0473 e. The first-order chi connectivity index (χ1) is 8.13. The number of likely N-dealkylation sites (N-methyl/N-ethyl adjacent to an activating group) is 1. The van der Waals surface area contributed by atoms with Crippen LogP contribution in [0.2, 0.25) is 0 Å². The van der Waals surface area contributed by atoms with Gasteiger partial charge in [0.15, 0.2) is 0 Å². The quantitative estimate of drug-likeness (QED) is 0.819. The molecule has 2 unspecified atom stereocenters. The van der Waals surface area contributed by atoms with Crippen LogP contribution in [-0.4, -0.2) is 24.0 Å². The number of hydrogen-bond donors (Lipinski definition) is 1. The van der Waals surface area contributed by atoms with Gasteiger partial charge in [0.05, 0.1) is 0 Å². The predicted molar refractivity (Wildman–Crippen MR) is 75.1 cm³/mol. The van der Waals surface area contributed by atoms with Gasteiger partial charge >= 0.3 is 0 Å². The molecule has 0 saturated carbocycles. The Kier molecular flexibility index (Phi) is 5.66. The van der Waals surface area contributed by atoms with Gasteiger partial charge in [-0.25, -0.2) is 0 Å². The lowest BCUT2D eigenvalue weighted by Crippen LogP contribution is -2.39. The molecular formula is C15H26N2. The number of nitrogens with zero attached hydrogens (tertiary/aromatic N) is 1. The summed E-state index contributed by atoms with van der Waals surface area (Å²) in [5.74, 6) is 0. The Balaban J connectivity index is 2.96. The maximum atomic E-state index is 5.98. The van der Waals surface area contributed by atoms with Gasteiger partial charge in [0.1, 0.15) is 0 Å². The molecule has 17 heavy (non-hydrogen) atoms. The molecule has 0 aliphatic rings. The van der Waals surface area contributed by atoms with Gasteiger partial charge in [0.25, 0.3) is 0 Å². The normalized spacial score (nSPS) is 14.9. The zero-order valence-corrected chi connectivity index (χ0v) is 11.6. The van der Waals surface area contributed by atoms with Crippen LogP contribution in [0.5, 0.6) is 0 Å². The second kappa shape index (κ2) is 6.77. The van der Waals surface area contributed by atoms with E-state index in [0.717, 1.165) is 13.0 Å². The largest absolute Gasteiger partial charge is 0.329 e. The molecule has 0 aliphatic carbocycles. The Morgan fingerprint density at radius 2 is 2.00 bits per heavy atom. The van der Waals surface area contributed by atoms with E-state index in [1.165, 1.54) is 11.1 Å². The minimum absolute atomic E-state index is 0.342. The zero-order valence-electron chi connectivity index (χ0n) is 11.6. The molecular weight excluding hydrogens is 208 g/mol. The Hall–Kier alpha value is -0.860. The molecule has 0 fully saturated rings. The molecule has 0 bridgehead atoms. The molecule has 1 rings (SSSR count). The van der Waals surface area contributed by atoms with Crippen molar-refractivity contribution >= 4 is 0 Å². The van der Waals surface area contributed by atoms with Gasteiger partial charge in [-0.1, -0.05) is 43.7 Å². The molecule has 0 heterocycles. The molecule has 2 heteroatoms. The van der Waals surface area contributed by atoms with Crippen LogP contribution >= 0.6 is 0 Å². The van der Waals surface area contributed by atoms with E-state index >= 15 is 0 Å². The van der Waals surface area contributed by atoms with E-state index in [2.05, 4.69) is 56.9 Å². The summed E-state index contributed by atoms with van der Waals surface area (Å²) in [6, 6.07) is 9.62. The molecule has 2 atom stereocenters. The van der Waals surface area contributed by atoms with Gasteiger partial charge in [-0.3, -0.25) is 4.90 Å². The van der Waals surface area contributed by atoms with E-state index in [1.54, 1.807) is 0 Å². The van der Waals surface area contributed by atoms with Gasteiger partial charge in [-0.05, 0) is 32.4 Å². The molecule has 0 radical (unpaired) electrons. The van der Waals surface area contributed by atoms with Crippen molar-refractivity contribution in [2.24, 2.45) is 5.73 Å². The number of aryl methyl sites for hydroxylation is 1. The summed E-state index contributed by atoms with van der Waals surface area (Å²) >= 11 is 0. The van der Waals surface area contributed by atoms with Crippen LogP contribution in [0.1, 0.15) is 44.4 Å². The topological polar surface area (TPSA) is 29.3 Å². The molecule has 2 nitrogen and oxygen atoms in total. The van der Waals surface area contributed by atoms with Crippen molar-refractivity contribution < 1.29 is 0 Å². The molecule has 0 spiro atoms. The van der Waals surface area contributed by atoms with Gasteiger partial charge < -0.3 is 5.73 Å². The van der Waals surface area contributed by atoms with E-state index in [4.69, 9.17) is 5.73 Å².